The Bertz CT molecular complexity index is 477. The fraction of sp³-hybridized carbons (Fsp3) is 0.571. The molecule has 6 atom stereocenters. The molecule has 0 saturated carbocycles. The predicted molar refractivity (Wildman–Crippen MR) is 68.9 cm³/mol. The first kappa shape index (κ1) is 14.9. The molecular formula is C14H18O7. The summed E-state index contributed by atoms with van der Waals surface area (Å²) in [6, 6.07) is 9.01. The van der Waals surface area contributed by atoms with Gasteiger partial charge in [-0.05, 0) is 0 Å². The maximum Gasteiger partial charge on any atom is 0.227 e. The Hall–Kier alpha value is -1.06. The predicted octanol–water partition coefficient (Wildman–Crippen LogP) is -0.486. The lowest BCUT2D eigenvalue weighted by atomic mass is 9.94. The summed E-state index contributed by atoms with van der Waals surface area (Å²) in [7, 11) is 1.34. The van der Waals surface area contributed by atoms with Crippen LogP contribution in [0.3, 0.4) is 0 Å². The van der Waals surface area contributed by atoms with E-state index < -0.39 is 36.7 Å². The van der Waals surface area contributed by atoms with Crippen LogP contribution in [0.2, 0.25) is 0 Å². The molecule has 0 bridgehead atoms. The third-order valence-electron chi connectivity index (χ3n) is 3.78. The lowest BCUT2D eigenvalue weighted by Crippen LogP contribution is -2.70. The minimum Gasteiger partial charge on any atom is -0.385 e. The summed E-state index contributed by atoms with van der Waals surface area (Å²) in [5.74, 6) is -2.06. The number of fused-ring (bicyclic) bond motifs is 1. The molecule has 1 aromatic carbocycles. The zero-order valence-electron chi connectivity index (χ0n) is 11.5. The first-order valence-corrected chi connectivity index (χ1v) is 6.67. The van der Waals surface area contributed by atoms with Gasteiger partial charge in [0, 0.05) is 12.7 Å². The number of methoxy groups -OCH3 is 1. The Morgan fingerprint density at radius 3 is 2.62 bits per heavy atom. The van der Waals surface area contributed by atoms with Crippen LogP contribution in [0.4, 0.5) is 0 Å². The molecule has 3 N–H and O–H groups in total. The van der Waals surface area contributed by atoms with E-state index in [1.807, 2.05) is 18.2 Å². The van der Waals surface area contributed by atoms with Gasteiger partial charge in [-0.2, -0.15) is 0 Å². The van der Waals surface area contributed by atoms with Crippen LogP contribution in [0.25, 0.3) is 0 Å². The molecule has 0 aromatic heterocycles. The monoisotopic (exact) mass is 298 g/mol. The molecule has 7 nitrogen and oxygen atoms in total. The van der Waals surface area contributed by atoms with E-state index in [9.17, 15) is 15.3 Å². The smallest absolute Gasteiger partial charge is 0.227 e. The van der Waals surface area contributed by atoms with Crippen LogP contribution in [0.1, 0.15) is 11.9 Å². The van der Waals surface area contributed by atoms with Crippen molar-refractivity contribution < 1.29 is 34.3 Å². The molecule has 2 saturated heterocycles. The maximum atomic E-state index is 10.6. The van der Waals surface area contributed by atoms with Gasteiger partial charge in [-0.1, -0.05) is 30.3 Å². The van der Waals surface area contributed by atoms with E-state index in [0.29, 0.717) is 5.56 Å². The minimum absolute atomic E-state index is 0.000297. The second-order valence-corrected chi connectivity index (χ2v) is 5.11. The van der Waals surface area contributed by atoms with Crippen LogP contribution in [0.15, 0.2) is 30.3 Å². The largest absolute Gasteiger partial charge is 0.385 e. The second-order valence-electron chi connectivity index (χ2n) is 5.11. The number of hydrogen-bond acceptors (Lipinski definition) is 7. The van der Waals surface area contributed by atoms with E-state index in [0.717, 1.165) is 0 Å². The van der Waals surface area contributed by atoms with Crippen molar-refractivity contribution in [3.8, 4) is 0 Å². The first-order valence-electron chi connectivity index (χ1n) is 6.67. The molecule has 3 rings (SSSR count). The molecule has 1 aromatic rings. The van der Waals surface area contributed by atoms with Gasteiger partial charge < -0.3 is 34.3 Å². The van der Waals surface area contributed by atoms with E-state index >= 15 is 0 Å². The summed E-state index contributed by atoms with van der Waals surface area (Å²) in [5.41, 5.74) is 0.694. The Kier molecular flexibility index (Phi) is 3.98. The molecule has 2 heterocycles. The number of benzene rings is 1. The Morgan fingerprint density at radius 1 is 1.24 bits per heavy atom. The molecule has 21 heavy (non-hydrogen) atoms. The van der Waals surface area contributed by atoms with Crippen LogP contribution in [-0.4, -0.2) is 59.4 Å². The molecule has 0 unspecified atom stereocenters. The summed E-state index contributed by atoms with van der Waals surface area (Å²) in [6.07, 6.45) is -5.86. The number of aliphatic hydroxyl groups excluding tert-OH is 2. The van der Waals surface area contributed by atoms with E-state index in [1.54, 1.807) is 12.1 Å². The third kappa shape index (κ3) is 2.47. The molecule has 7 heteroatoms. The van der Waals surface area contributed by atoms with Crippen molar-refractivity contribution in [2.45, 2.75) is 36.7 Å². The average Bonchev–Trinajstić information content (AvgIpc) is 2.52. The van der Waals surface area contributed by atoms with Gasteiger partial charge >= 0.3 is 0 Å². The summed E-state index contributed by atoms with van der Waals surface area (Å²) in [4.78, 5) is 0. The zero-order valence-corrected chi connectivity index (χ0v) is 11.5. The van der Waals surface area contributed by atoms with Gasteiger partial charge in [-0.3, -0.25) is 0 Å². The molecular weight excluding hydrogens is 280 g/mol. The van der Waals surface area contributed by atoms with Gasteiger partial charge in [0.15, 0.2) is 12.6 Å². The topological polar surface area (TPSA) is 97.6 Å². The van der Waals surface area contributed by atoms with Crippen LogP contribution >= 0.6 is 0 Å². The van der Waals surface area contributed by atoms with E-state index in [1.165, 1.54) is 7.11 Å². The minimum atomic E-state index is -2.06. The normalized spacial score (nSPS) is 43.3. The highest BCUT2D eigenvalue weighted by Crippen LogP contribution is 2.39. The van der Waals surface area contributed by atoms with Crippen LogP contribution in [-0.2, 0) is 18.9 Å². The van der Waals surface area contributed by atoms with E-state index in [4.69, 9.17) is 18.9 Å². The van der Waals surface area contributed by atoms with Crippen molar-refractivity contribution in [1.29, 1.82) is 0 Å². The summed E-state index contributed by atoms with van der Waals surface area (Å²) < 4.78 is 21.3. The SMILES string of the molecule is CO[C@H]1O[C@H]2CO[C@H](c3ccccc3)O[C@]2(O)[C@@H](O)[C@H]1O. The highest BCUT2D eigenvalue weighted by molar-refractivity contribution is 5.17. The molecule has 0 radical (unpaired) electrons. The molecule has 2 aliphatic rings. The Balaban J connectivity index is 1.83. The number of ether oxygens (including phenoxy) is 4. The summed E-state index contributed by atoms with van der Waals surface area (Å²) in [5, 5.41) is 30.7. The van der Waals surface area contributed by atoms with Crippen molar-refractivity contribution in [3.63, 3.8) is 0 Å². The van der Waals surface area contributed by atoms with Gasteiger partial charge in [0.25, 0.3) is 0 Å². The maximum absolute atomic E-state index is 10.6. The first-order chi connectivity index (χ1) is 10.1. The third-order valence-corrected chi connectivity index (χ3v) is 3.78. The van der Waals surface area contributed by atoms with Gasteiger partial charge in [0.1, 0.15) is 18.3 Å². The second kappa shape index (κ2) is 5.62. The highest BCUT2D eigenvalue weighted by Gasteiger charge is 2.59. The van der Waals surface area contributed by atoms with Gasteiger partial charge in [-0.15, -0.1) is 0 Å². The van der Waals surface area contributed by atoms with Gasteiger partial charge in [-0.25, -0.2) is 0 Å². The van der Waals surface area contributed by atoms with Crippen molar-refractivity contribution in [2.75, 3.05) is 13.7 Å². The van der Waals surface area contributed by atoms with Crippen LogP contribution in [0.5, 0.6) is 0 Å². The van der Waals surface area contributed by atoms with Gasteiger partial charge in [0.05, 0.1) is 6.61 Å². The van der Waals surface area contributed by atoms with E-state index in [2.05, 4.69) is 0 Å². The Morgan fingerprint density at radius 2 is 1.95 bits per heavy atom. The van der Waals surface area contributed by atoms with Crippen LogP contribution < -0.4 is 0 Å². The van der Waals surface area contributed by atoms with Crippen molar-refractivity contribution >= 4 is 0 Å². The fourth-order valence-corrected chi connectivity index (χ4v) is 2.58. The average molecular weight is 298 g/mol. The molecule has 2 aliphatic heterocycles. The van der Waals surface area contributed by atoms with Crippen molar-refractivity contribution in [3.05, 3.63) is 35.9 Å². The Labute approximate surface area is 121 Å². The zero-order chi connectivity index (χ0) is 15.0. The molecule has 2 fully saturated rings. The molecule has 0 aliphatic carbocycles. The number of hydrogen-bond donors (Lipinski definition) is 3. The standard InChI is InChI=1S/C14H18O7/c1-18-13-10(15)11(16)14(17)9(20-13)7-19-12(21-14)8-5-3-2-4-6-8/h2-6,9-13,15-17H,7H2,1H3/t9-,10+,11-,12-,13-,14-/m0/s1. The van der Waals surface area contributed by atoms with Gasteiger partial charge in [0.2, 0.25) is 5.79 Å². The number of aliphatic hydroxyl groups is 3. The molecule has 0 amide bonds. The van der Waals surface area contributed by atoms with Crippen LogP contribution in [0, 0.1) is 0 Å². The highest BCUT2D eigenvalue weighted by atomic mass is 16.8. The quantitative estimate of drug-likeness (QED) is 0.678. The van der Waals surface area contributed by atoms with E-state index in [-0.39, 0.29) is 6.61 Å². The lowest BCUT2D eigenvalue weighted by Gasteiger charge is -2.50. The molecule has 116 valence electrons. The van der Waals surface area contributed by atoms with Crippen molar-refractivity contribution in [2.24, 2.45) is 0 Å². The summed E-state index contributed by atoms with van der Waals surface area (Å²) >= 11 is 0. The lowest BCUT2D eigenvalue weighted by molar-refractivity contribution is -0.452. The fourth-order valence-electron chi connectivity index (χ4n) is 2.58. The molecule has 0 spiro atoms. The van der Waals surface area contributed by atoms with Crippen molar-refractivity contribution in [1.82, 2.24) is 0 Å². The summed E-state index contributed by atoms with van der Waals surface area (Å²) in [6.45, 7) is -0.000297. The number of rotatable bonds is 2.